The van der Waals surface area contributed by atoms with E-state index in [1.807, 2.05) is 80.8 Å². The van der Waals surface area contributed by atoms with Crippen LogP contribution in [0.15, 0.2) is 138 Å². The van der Waals surface area contributed by atoms with Crippen molar-refractivity contribution in [3.05, 3.63) is 157 Å². The molecule has 4 nitrogen and oxygen atoms in total. The molecular formula is C54H55GeIrN3O-2. The number of nitrogens with zero attached hydrogens (tertiary/aromatic N) is 3. The molecule has 0 atom stereocenters. The van der Waals surface area contributed by atoms with Crippen molar-refractivity contribution >= 4 is 39.7 Å². The monoisotopic (exact) mass is 1030 g/mol. The van der Waals surface area contributed by atoms with E-state index in [0.717, 1.165) is 71.2 Å². The summed E-state index contributed by atoms with van der Waals surface area (Å²) in [7, 11) is 0. The summed E-state index contributed by atoms with van der Waals surface area (Å²) in [5.74, 6) is 7.47. The molecule has 9 rings (SSSR count). The molecule has 1 radical (unpaired) electrons. The van der Waals surface area contributed by atoms with Crippen LogP contribution < -0.4 is 4.40 Å². The molecule has 4 heterocycles. The zero-order valence-corrected chi connectivity index (χ0v) is 40.3. The Morgan fingerprint density at radius 1 is 0.800 bits per heavy atom. The van der Waals surface area contributed by atoms with E-state index in [1.54, 1.807) is 0 Å². The fourth-order valence-corrected chi connectivity index (χ4v) is 11.5. The molecule has 4 aromatic heterocycles. The Morgan fingerprint density at radius 3 is 2.17 bits per heavy atom. The van der Waals surface area contributed by atoms with Crippen molar-refractivity contribution in [2.75, 3.05) is 0 Å². The van der Waals surface area contributed by atoms with Crippen molar-refractivity contribution < 1.29 is 27.3 Å². The molecule has 1 saturated carbocycles. The Morgan fingerprint density at radius 2 is 1.50 bits per heavy atom. The van der Waals surface area contributed by atoms with E-state index in [-0.39, 0.29) is 31.4 Å². The molecule has 60 heavy (non-hydrogen) atoms. The van der Waals surface area contributed by atoms with Crippen LogP contribution in [-0.4, -0.2) is 28.2 Å². The second kappa shape index (κ2) is 18.5. The second-order valence-electron chi connectivity index (χ2n) is 17.7. The maximum absolute atomic E-state index is 8.56. The van der Waals surface area contributed by atoms with Gasteiger partial charge in [0.1, 0.15) is 0 Å². The van der Waals surface area contributed by atoms with Gasteiger partial charge in [-0.3, -0.25) is 0 Å². The molecule has 1 aliphatic carbocycles. The zero-order valence-electron chi connectivity index (χ0n) is 37.8. The first-order chi connectivity index (χ1) is 29.2. The van der Waals surface area contributed by atoms with E-state index in [9.17, 15) is 0 Å². The molecule has 307 valence electrons. The Kier molecular flexibility index (Phi) is 12.6. The maximum Gasteiger partial charge on any atom is 0 e. The maximum atomic E-state index is 8.56. The number of rotatable bonds is 9. The third-order valence-electron chi connectivity index (χ3n) is 11.8. The summed E-state index contributed by atoms with van der Waals surface area (Å²) >= 11 is -2.20. The van der Waals surface area contributed by atoms with Gasteiger partial charge in [0, 0.05) is 37.3 Å². The summed E-state index contributed by atoms with van der Waals surface area (Å²) in [6, 6.07) is 47.8. The quantitative estimate of drug-likeness (QED) is 0.107. The van der Waals surface area contributed by atoms with Crippen molar-refractivity contribution in [3.8, 4) is 44.9 Å². The molecule has 0 N–H and O–H groups in total. The van der Waals surface area contributed by atoms with Gasteiger partial charge < -0.3 is 9.40 Å². The molecule has 0 aliphatic heterocycles. The molecule has 0 bridgehead atoms. The number of hydrogen-bond donors (Lipinski definition) is 0. The van der Waals surface area contributed by atoms with Crippen molar-refractivity contribution in [2.45, 2.75) is 82.4 Å². The summed E-state index contributed by atoms with van der Waals surface area (Å²) in [5, 5.41) is 2.06. The van der Waals surface area contributed by atoms with Crippen LogP contribution in [0.3, 0.4) is 0 Å². The minimum atomic E-state index is -2.20. The van der Waals surface area contributed by atoms with Crippen LogP contribution in [-0.2, 0) is 31.9 Å². The predicted octanol–water partition coefficient (Wildman–Crippen LogP) is 13.9. The van der Waals surface area contributed by atoms with E-state index in [0.29, 0.717) is 11.6 Å². The Hall–Kier alpha value is -4.68. The number of aromatic nitrogens is 3. The molecule has 1 fully saturated rings. The Bertz CT molecular complexity index is 2780. The third-order valence-corrected chi connectivity index (χ3v) is 16.1. The first-order valence-electron chi connectivity index (χ1n) is 22.1. The standard InChI is InChI=1S/C36H31N2O.C18H24GeN.Ir/c1-36(2,26-15-9-10-16-26)27-21-22-37-32(23-27)29-18-17-28(24-11-5-3-6-12-24)33-30-19-20-31(25-13-7-4-8-14-25)38-35(30)39-34(29)33;1-14(2)11-16-12-18(15-9-7-6-8-10-15)20-13-17(16)19(3,4)5;/h3-8,11-14,17,19-23,26H,9-10,15-16H2,1-2H3;6-9,12-14H,11H2,1-5H3;/q2*-1;/i;11D2;. The van der Waals surface area contributed by atoms with Gasteiger partial charge in [-0.05, 0) is 59.0 Å². The number of fused-ring (bicyclic) bond motifs is 3. The average molecular weight is 1030 g/mol. The van der Waals surface area contributed by atoms with Crippen LogP contribution in [0.4, 0.5) is 0 Å². The van der Waals surface area contributed by atoms with E-state index in [1.165, 1.54) is 31.2 Å². The Labute approximate surface area is 375 Å². The molecule has 0 unspecified atom stereocenters. The number of pyridine rings is 3. The van der Waals surface area contributed by atoms with Crippen molar-refractivity contribution in [2.24, 2.45) is 11.8 Å². The fraction of sp³-hybridized carbons (Fsp3) is 0.278. The summed E-state index contributed by atoms with van der Waals surface area (Å²) in [6.07, 6.45) is 7.76. The van der Waals surface area contributed by atoms with Gasteiger partial charge in [-0.25, -0.2) is 4.98 Å². The molecule has 8 aromatic rings. The minimum absolute atomic E-state index is 0. The van der Waals surface area contributed by atoms with Gasteiger partial charge in [-0.2, -0.15) is 0 Å². The fourth-order valence-electron chi connectivity index (χ4n) is 8.54. The summed E-state index contributed by atoms with van der Waals surface area (Å²) in [4.78, 5) is 14.4. The van der Waals surface area contributed by atoms with Gasteiger partial charge in [0.25, 0.3) is 0 Å². The van der Waals surface area contributed by atoms with Crippen LogP contribution in [0, 0.1) is 24.0 Å². The van der Waals surface area contributed by atoms with E-state index in [4.69, 9.17) is 17.1 Å². The van der Waals surface area contributed by atoms with Gasteiger partial charge in [0.2, 0.25) is 5.71 Å². The minimum Gasteiger partial charge on any atom is 0 e. The van der Waals surface area contributed by atoms with Crippen LogP contribution in [0.25, 0.3) is 67.0 Å². The molecule has 6 heteroatoms. The summed E-state index contributed by atoms with van der Waals surface area (Å²) in [5.41, 5.74) is 11.3. The second-order valence-corrected chi connectivity index (χ2v) is 28.3. The molecule has 4 aromatic carbocycles. The van der Waals surface area contributed by atoms with Gasteiger partial charge in [-0.15, -0.1) is 12.1 Å². The predicted molar refractivity (Wildman–Crippen MR) is 249 cm³/mol. The van der Waals surface area contributed by atoms with Gasteiger partial charge in [0.15, 0.2) is 0 Å². The van der Waals surface area contributed by atoms with E-state index in [2.05, 4.69) is 115 Å². The van der Waals surface area contributed by atoms with E-state index < -0.39 is 19.6 Å². The zero-order chi connectivity index (χ0) is 42.9. The van der Waals surface area contributed by atoms with Gasteiger partial charge >= 0.3 is 128 Å². The van der Waals surface area contributed by atoms with Crippen molar-refractivity contribution in [1.29, 1.82) is 0 Å². The van der Waals surface area contributed by atoms with Gasteiger partial charge in [-0.1, -0.05) is 110 Å². The van der Waals surface area contributed by atoms with Crippen LogP contribution in [0.1, 0.15) is 67.2 Å². The smallest absolute Gasteiger partial charge is 0 e. The molecule has 0 saturated heterocycles. The molecule has 0 amide bonds. The average Bonchev–Trinajstić information content (AvgIpc) is 3.97. The topological polar surface area (TPSA) is 51.8 Å². The van der Waals surface area contributed by atoms with E-state index >= 15 is 0 Å². The van der Waals surface area contributed by atoms with Crippen LogP contribution >= 0.6 is 0 Å². The first kappa shape index (κ1) is 40.7. The van der Waals surface area contributed by atoms with Crippen molar-refractivity contribution in [1.82, 2.24) is 15.0 Å². The number of furan rings is 1. The third kappa shape index (κ3) is 9.29. The normalized spacial score (nSPS) is 14.1. The number of hydrogen-bond acceptors (Lipinski definition) is 4. The molecule has 0 spiro atoms. The number of benzene rings is 4. The van der Waals surface area contributed by atoms with Crippen LogP contribution in [0.5, 0.6) is 0 Å². The molecular weight excluding hydrogens is 971 g/mol. The first-order valence-corrected chi connectivity index (χ1v) is 28.4. The summed E-state index contributed by atoms with van der Waals surface area (Å²) in [6.45, 7) is 8.65. The van der Waals surface area contributed by atoms with Gasteiger partial charge in [0.05, 0.1) is 11.3 Å². The SMILES string of the molecule is CC(C)(c1ccnc(-c2[c-]cc(-c3ccccc3)c3c2oc2nc(-c4ccccc4)ccc23)c1)C1CCCC1.[2H]C([2H])(c1cc(-c2[c-]cccc2)nc[c]1[Ge]([CH3])([CH3])[CH3])C(C)C.[Ir]. The molecule has 1 aliphatic rings. The van der Waals surface area contributed by atoms with Crippen LogP contribution in [0.2, 0.25) is 17.3 Å². The Balaban J connectivity index is 0.000000215. The van der Waals surface area contributed by atoms with Crippen molar-refractivity contribution in [3.63, 3.8) is 0 Å². The summed E-state index contributed by atoms with van der Waals surface area (Å²) < 4.78 is 24.9. The largest absolute Gasteiger partial charge is 0 e.